The summed E-state index contributed by atoms with van der Waals surface area (Å²) in [4.78, 5) is 11.3. The molecule has 3 atom stereocenters. The lowest BCUT2D eigenvalue weighted by atomic mass is 9.83. The highest BCUT2D eigenvalue weighted by atomic mass is 16.6. The van der Waals surface area contributed by atoms with Gasteiger partial charge in [0.2, 0.25) is 0 Å². The Morgan fingerprint density at radius 2 is 1.67 bits per heavy atom. The summed E-state index contributed by atoms with van der Waals surface area (Å²) in [6, 6.07) is 0. The van der Waals surface area contributed by atoms with Crippen LogP contribution in [0.25, 0.3) is 0 Å². The van der Waals surface area contributed by atoms with Gasteiger partial charge >= 0.3 is 5.97 Å². The summed E-state index contributed by atoms with van der Waals surface area (Å²) in [7, 11) is 1.47. The summed E-state index contributed by atoms with van der Waals surface area (Å²) in [5, 5.41) is 0. The molecule has 0 radical (unpaired) electrons. The number of carbonyl (C=O) groups excluding carboxylic acids is 1. The molecule has 1 saturated heterocycles. The SMILES string of the molecule is CCCCCCCCCCCCCC=C1CC[C@H](CCC(=O)OC)[C@@H]2O[C@H]12. The van der Waals surface area contributed by atoms with Crippen LogP contribution in [-0.2, 0) is 14.3 Å². The monoisotopic (exact) mass is 378 g/mol. The van der Waals surface area contributed by atoms with Crippen molar-refractivity contribution in [3.63, 3.8) is 0 Å². The lowest BCUT2D eigenvalue weighted by Crippen LogP contribution is -2.19. The Morgan fingerprint density at radius 3 is 2.30 bits per heavy atom. The number of esters is 1. The molecule has 0 aromatic carbocycles. The van der Waals surface area contributed by atoms with Crippen LogP contribution in [0, 0.1) is 5.92 Å². The maximum absolute atomic E-state index is 11.3. The second kappa shape index (κ2) is 13.4. The van der Waals surface area contributed by atoms with E-state index < -0.39 is 0 Å². The molecule has 2 fully saturated rings. The van der Waals surface area contributed by atoms with Crippen molar-refractivity contribution in [3.05, 3.63) is 11.6 Å². The molecule has 2 rings (SSSR count). The summed E-state index contributed by atoms with van der Waals surface area (Å²) in [5.41, 5.74) is 1.53. The topological polar surface area (TPSA) is 38.8 Å². The van der Waals surface area contributed by atoms with Crippen LogP contribution < -0.4 is 0 Å². The highest BCUT2D eigenvalue weighted by Gasteiger charge is 2.49. The normalized spacial score (nSPS) is 25.4. The molecule has 3 heteroatoms. The van der Waals surface area contributed by atoms with Gasteiger partial charge in [-0.15, -0.1) is 0 Å². The summed E-state index contributed by atoms with van der Waals surface area (Å²) < 4.78 is 10.7. The second-order valence-electron chi connectivity index (χ2n) is 8.54. The maximum Gasteiger partial charge on any atom is 0.305 e. The first-order valence-corrected chi connectivity index (χ1v) is 11.7. The molecule has 156 valence electrons. The van der Waals surface area contributed by atoms with Crippen LogP contribution in [0.4, 0.5) is 0 Å². The van der Waals surface area contributed by atoms with Crippen molar-refractivity contribution in [3.8, 4) is 0 Å². The number of epoxide rings is 1. The fraction of sp³-hybridized carbons (Fsp3) is 0.875. The number of fused-ring (bicyclic) bond motifs is 1. The lowest BCUT2D eigenvalue weighted by molar-refractivity contribution is -0.141. The molecular formula is C24H42O3. The average molecular weight is 379 g/mol. The molecule has 27 heavy (non-hydrogen) atoms. The molecule has 3 nitrogen and oxygen atoms in total. The van der Waals surface area contributed by atoms with E-state index in [1.54, 1.807) is 0 Å². The molecular weight excluding hydrogens is 336 g/mol. The van der Waals surface area contributed by atoms with Gasteiger partial charge in [-0.2, -0.15) is 0 Å². The van der Waals surface area contributed by atoms with Crippen LogP contribution in [-0.4, -0.2) is 25.3 Å². The van der Waals surface area contributed by atoms with Crippen molar-refractivity contribution in [2.24, 2.45) is 5.92 Å². The van der Waals surface area contributed by atoms with E-state index in [-0.39, 0.29) is 5.97 Å². The highest BCUT2D eigenvalue weighted by molar-refractivity contribution is 5.69. The third kappa shape index (κ3) is 8.81. The van der Waals surface area contributed by atoms with Crippen molar-refractivity contribution in [1.29, 1.82) is 0 Å². The Labute approximate surface area is 167 Å². The molecule has 0 aromatic rings. The van der Waals surface area contributed by atoms with Crippen LogP contribution in [0.2, 0.25) is 0 Å². The zero-order valence-electron chi connectivity index (χ0n) is 17.8. The second-order valence-corrected chi connectivity index (χ2v) is 8.54. The van der Waals surface area contributed by atoms with E-state index in [1.165, 1.54) is 96.2 Å². The number of methoxy groups -OCH3 is 1. The lowest BCUT2D eigenvalue weighted by Gasteiger charge is -2.19. The fourth-order valence-corrected chi connectivity index (χ4v) is 4.47. The number of hydrogen-bond acceptors (Lipinski definition) is 3. The first kappa shape index (κ1) is 22.5. The van der Waals surface area contributed by atoms with Crippen molar-refractivity contribution < 1.29 is 14.3 Å². The molecule has 0 N–H and O–H groups in total. The zero-order chi connectivity index (χ0) is 19.3. The van der Waals surface area contributed by atoms with Gasteiger partial charge in [-0.05, 0) is 43.6 Å². The van der Waals surface area contributed by atoms with Crippen molar-refractivity contribution >= 4 is 5.97 Å². The molecule has 0 aromatic heterocycles. The van der Waals surface area contributed by atoms with Crippen molar-refractivity contribution in [2.75, 3.05) is 7.11 Å². The van der Waals surface area contributed by atoms with E-state index in [2.05, 4.69) is 13.0 Å². The predicted octanol–water partition coefficient (Wildman–Crippen LogP) is 6.74. The number of hydrogen-bond donors (Lipinski definition) is 0. The Hall–Kier alpha value is -0.830. The molecule has 1 heterocycles. The minimum atomic E-state index is -0.0926. The quantitative estimate of drug-likeness (QED) is 0.137. The largest absolute Gasteiger partial charge is 0.469 e. The van der Waals surface area contributed by atoms with E-state index in [9.17, 15) is 4.79 Å². The molecule has 1 aliphatic heterocycles. The molecule has 0 bridgehead atoms. The van der Waals surface area contributed by atoms with Gasteiger partial charge in [0.05, 0.1) is 13.2 Å². The molecule has 0 unspecified atom stereocenters. The highest BCUT2D eigenvalue weighted by Crippen LogP contribution is 2.45. The summed E-state index contributed by atoms with van der Waals surface area (Å²) in [5.74, 6) is 0.457. The minimum Gasteiger partial charge on any atom is -0.469 e. The Morgan fingerprint density at radius 1 is 1.04 bits per heavy atom. The molecule has 0 amide bonds. The van der Waals surface area contributed by atoms with E-state index in [0.29, 0.717) is 24.5 Å². The van der Waals surface area contributed by atoms with Crippen molar-refractivity contribution in [1.82, 2.24) is 0 Å². The van der Waals surface area contributed by atoms with Gasteiger partial charge in [-0.1, -0.05) is 77.2 Å². The first-order valence-electron chi connectivity index (χ1n) is 11.7. The van der Waals surface area contributed by atoms with E-state index in [4.69, 9.17) is 9.47 Å². The van der Waals surface area contributed by atoms with Crippen LogP contribution in [0.15, 0.2) is 11.6 Å². The third-order valence-corrected chi connectivity index (χ3v) is 6.32. The number of ether oxygens (including phenoxy) is 2. The maximum atomic E-state index is 11.3. The summed E-state index contributed by atoms with van der Waals surface area (Å²) >= 11 is 0. The van der Waals surface area contributed by atoms with Gasteiger partial charge < -0.3 is 9.47 Å². The van der Waals surface area contributed by atoms with Gasteiger partial charge in [0, 0.05) is 6.42 Å². The number of carbonyl (C=O) groups is 1. The number of rotatable bonds is 15. The predicted molar refractivity (Wildman–Crippen MR) is 112 cm³/mol. The smallest absolute Gasteiger partial charge is 0.305 e. The average Bonchev–Trinajstić information content (AvgIpc) is 3.48. The van der Waals surface area contributed by atoms with Gasteiger partial charge in [-0.3, -0.25) is 4.79 Å². The fourth-order valence-electron chi connectivity index (χ4n) is 4.47. The number of allylic oxidation sites excluding steroid dienone is 1. The van der Waals surface area contributed by atoms with E-state index in [0.717, 1.165) is 12.8 Å². The van der Waals surface area contributed by atoms with Crippen LogP contribution in [0.5, 0.6) is 0 Å². The van der Waals surface area contributed by atoms with Gasteiger partial charge in [0.25, 0.3) is 0 Å². The number of unbranched alkanes of at least 4 members (excludes halogenated alkanes) is 11. The van der Waals surface area contributed by atoms with E-state index in [1.807, 2.05) is 0 Å². The molecule has 1 saturated carbocycles. The van der Waals surface area contributed by atoms with Crippen LogP contribution in [0.1, 0.15) is 110 Å². The van der Waals surface area contributed by atoms with Crippen LogP contribution in [0.3, 0.4) is 0 Å². The van der Waals surface area contributed by atoms with Crippen molar-refractivity contribution in [2.45, 2.75) is 122 Å². The molecule has 1 aliphatic carbocycles. The molecule has 2 aliphatic rings. The summed E-state index contributed by atoms with van der Waals surface area (Å²) in [6.45, 7) is 2.28. The van der Waals surface area contributed by atoms with Gasteiger partial charge in [0.15, 0.2) is 0 Å². The van der Waals surface area contributed by atoms with E-state index >= 15 is 0 Å². The minimum absolute atomic E-state index is 0.0926. The zero-order valence-corrected chi connectivity index (χ0v) is 17.8. The summed E-state index contributed by atoms with van der Waals surface area (Å²) in [6.07, 6.45) is 23.6. The van der Waals surface area contributed by atoms with Gasteiger partial charge in [-0.25, -0.2) is 0 Å². The first-order chi connectivity index (χ1) is 13.3. The standard InChI is InChI=1S/C24H42O3/c1-3-4-5-6-7-8-9-10-11-12-13-14-15-20-16-17-21(24-23(20)27-24)18-19-22(25)26-2/h15,21,23-24H,3-14,16-19H2,1-2H3/t21-,23-,24+/m1/s1. The molecule has 0 spiro atoms. The van der Waals surface area contributed by atoms with Gasteiger partial charge in [0.1, 0.15) is 6.10 Å². The Kier molecular flexibility index (Phi) is 11.1. The van der Waals surface area contributed by atoms with Crippen LogP contribution >= 0.6 is 0 Å². The third-order valence-electron chi connectivity index (χ3n) is 6.32. The Bertz CT molecular complexity index is 443. The Balaban J connectivity index is 1.44.